The molecule has 0 aliphatic heterocycles. The highest BCUT2D eigenvalue weighted by molar-refractivity contribution is 8.68. The molecule has 114 valence electrons. The van der Waals surface area contributed by atoms with Gasteiger partial charge in [-0.25, -0.2) is 0 Å². The van der Waals surface area contributed by atoms with E-state index in [1.165, 1.54) is 58.8 Å². The number of rotatable bonds is 1. The minimum Gasteiger partial charge on any atom is -0.106 e. The maximum atomic E-state index is 4.31. The molecule has 0 spiro atoms. The molecule has 0 unspecified atom stereocenters. The van der Waals surface area contributed by atoms with Crippen molar-refractivity contribution in [2.45, 2.75) is 4.90 Å². The molecule has 0 radical (unpaired) electrons. The summed E-state index contributed by atoms with van der Waals surface area (Å²) < 4.78 is 0. The minimum absolute atomic E-state index is 1.18. The van der Waals surface area contributed by atoms with Gasteiger partial charge >= 0.3 is 0 Å². The molecule has 5 rings (SSSR count). The average molecular weight is 342 g/mol. The number of hydrogen-bond acceptors (Lipinski definition) is 2. The van der Waals surface area contributed by atoms with Gasteiger partial charge in [0.25, 0.3) is 0 Å². The van der Waals surface area contributed by atoms with Gasteiger partial charge < -0.3 is 0 Å². The second-order valence-electron chi connectivity index (χ2n) is 6.20. The summed E-state index contributed by atoms with van der Waals surface area (Å²) in [5.74, 6) is 0. The number of thiol groups is 1. The standard InChI is InChI=1S/C22H14S2/c23-24-22-6-5-16-9-19-10-17-7-14-3-1-2-4-15(14)8-18(17)11-20(19)12-21(16)13-22/h1-13,23H. The molecule has 5 aromatic carbocycles. The predicted molar refractivity (Wildman–Crippen MR) is 111 cm³/mol. The van der Waals surface area contributed by atoms with Crippen molar-refractivity contribution < 1.29 is 0 Å². The van der Waals surface area contributed by atoms with Crippen LogP contribution in [0.15, 0.2) is 83.8 Å². The number of benzene rings is 5. The quantitative estimate of drug-likeness (QED) is 0.190. The van der Waals surface area contributed by atoms with E-state index >= 15 is 0 Å². The van der Waals surface area contributed by atoms with Crippen molar-refractivity contribution in [2.75, 3.05) is 0 Å². The molecule has 0 aromatic heterocycles. The Hall–Kier alpha value is -2.16. The van der Waals surface area contributed by atoms with Crippen LogP contribution in [0.3, 0.4) is 0 Å². The summed E-state index contributed by atoms with van der Waals surface area (Å²) in [7, 11) is 1.49. The zero-order valence-corrected chi connectivity index (χ0v) is 14.6. The van der Waals surface area contributed by atoms with Gasteiger partial charge in [0.05, 0.1) is 0 Å². The molecule has 5 aromatic rings. The summed E-state index contributed by atoms with van der Waals surface area (Å²) in [5.41, 5.74) is 0. The summed E-state index contributed by atoms with van der Waals surface area (Å²) in [6.07, 6.45) is 0. The molecule has 0 saturated carbocycles. The molecule has 2 heteroatoms. The third-order valence-corrected chi connectivity index (χ3v) is 5.79. The lowest BCUT2D eigenvalue weighted by molar-refractivity contribution is 1.53. The van der Waals surface area contributed by atoms with Crippen LogP contribution in [-0.2, 0) is 0 Å². The lowest BCUT2D eigenvalue weighted by Crippen LogP contribution is -1.81. The molecule has 0 heterocycles. The fourth-order valence-corrected chi connectivity index (χ4v) is 4.13. The zero-order valence-electron chi connectivity index (χ0n) is 12.9. The Morgan fingerprint density at radius 2 is 0.875 bits per heavy atom. The van der Waals surface area contributed by atoms with Crippen LogP contribution in [0.1, 0.15) is 0 Å². The Bertz CT molecular complexity index is 1240. The van der Waals surface area contributed by atoms with Crippen LogP contribution in [0.25, 0.3) is 43.1 Å². The van der Waals surface area contributed by atoms with E-state index in [1.54, 1.807) is 0 Å². The first kappa shape index (κ1) is 14.2. The van der Waals surface area contributed by atoms with Gasteiger partial charge in [-0.2, -0.15) is 0 Å². The molecule has 0 amide bonds. The second kappa shape index (κ2) is 5.44. The topological polar surface area (TPSA) is 0 Å². The van der Waals surface area contributed by atoms with Crippen LogP contribution in [0.2, 0.25) is 0 Å². The fraction of sp³-hybridized carbons (Fsp3) is 0. The van der Waals surface area contributed by atoms with Crippen LogP contribution in [-0.4, -0.2) is 0 Å². The van der Waals surface area contributed by atoms with Crippen molar-refractivity contribution in [3.05, 3.63) is 78.9 Å². The van der Waals surface area contributed by atoms with E-state index in [1.807, 2.05) is 0 Å². The number of hydrogen-bond donors (Lipinski definition) is 1. The first-order chi connectivity index (χ1) is 11.8. The van der Waals surface area contributed by atoms with Crippen molar-refractivity contribution in [1.82, 2.24) is 0 Å². The monoisotopic (exact) mass is 342 g/mol. The van der Waals surface area contributed by atoms with Crippen LogP contribution in [0.5, 0.6) is 0 Å². The zero-order chi connectivity index (χ0) is 16.1. The maximum Gasteiger partial charge on any atom is 0.0186 e. The molecule has 24 heavy (non-hydrogen) atoms. The van der Waals surface area contributed by atoms with E-state index < -0.39 is 0 Å². The van der Waals surface area contributed by atoms with Crippen LogP contribution in [0, 0.1) is 0 Å². The summed E-state index contributed by atoms with van der Waals surface area (Å²) in [6, 6.07) is 28.8. The molecule has 0 aliphatic rings. The van der Waals surface area contributed by atoms with E-state index in [-0.39, 0.29) is 0 Å². The van der Waals surface area contributed by atoms with Crippen molar-refractivity contribution in [3.8, 4) is 0 Å². The Morgan fingerprint density at radius 1 is 0.458 bits per heavy atom. The number of fused-ring (bicyclic) bond motifs is 4. The van der Waals surface area contributed by atoms with Gasteiger partial charge in [-0.15, -0.1) is 11.7 Å². The second-order valence-corrected chi connectivity index (χ2v) is 7.40. The highest BCUT2D eigenvalue weighted by atomic mass is 33.1. The molecular weight excluding hydrogens is 328 g/mol. The SMILES string of the molecule is SSc1ccc2cc3cc4cc5ccccc5cc4cc3cc2c1. The summed E-state index contributed by atoms with van der Waals surface area (Å²) in [5, 5.41) is 10.3. The summed E-state index contributed by atoms with van der Waals surface area (Å²) in [6.45, 7) is 0. The predicted octanol–water partition coefficient (Wildman–Crippen LogP) is 7.24. The van der Waals surface area contributed by atoms with Gasteiger partial charge in [0, 0.05) is 4.90 Å². The van der Waals surface area contributed by atoms with Crippen molar-refractivity contribution in [2.24, 2.45) is 0 Å². The Balaban J connectivity index is 1.86. The van der Waals surface area contributed by atoms with Crippen LogP contribution in [0.4, 0.5) is 0 Å². The summed E-state index contributed by atoms with van der Waals surface area (Å²) in [4.78, 5) is 1.18. The van der Waals surface area contributed by atoms with E-state index in [0.29, 0.717) is 0 Å². The van der Waals surface area contributed by atoms with Gasteiger partial charge in [0.15, 0.2) is 0 Å². The largest absolute Gasteiger partial charge is 0.106 e. The van der Waals surface area contributed by atoms with Gasteiger partial charge in [-0.1, -0.05) is 41.1 Å². The van der Waals surface area contributed by atoms with E-state index in [2.05, 4.69) is 90.5 Å². The molecule has 0 saturated heterocycles. The molecule has 0 atom stereocenters. The first-order valence-electron chi connectivity index (χ1n) is 7.92. The van der Waals surface area contributed by atoms with Crippen LogP contribution < -0.4 is 0 Å². The average Bonchev–Trinajstić information content (AvgIpc) is 2.62. The van der Waals surface area contributed by atoms with Crippen molar-refractivity contribution in [1.29, 1.82) is 0 Å². The Morgan fingerprint density at radius 3 is 1.38 bits per heavy atom. The molecule has 0 N–H and O–H groups in total. The maximum absolute atomic E-state index is 4.31. The smallest absolute Gasteiger partial charge is 0.0186 e. The lowest BCUT2D eigenvalue weighted by atomic mass is 9.97. The first-order valence-corrected chi connectivity index (χ1v) is 9.79. The van der Waals surface area contributed by atoms with Crippen molar-refractivity contribution in [3.63, 3.8) is 0 Å². The highest BCUT2D eigenvalue weighted by Crippen LogP contribution is 2.32. The molecule has 0 nitrogen and oxygen atoms in total. The molecule has 0 fully saturated rings. The third-order valence-electron chi connectivity index (χ3n) is 4.69. The Kier molecular flexibility index (Phi) is 3.22. The van der Waals surface area contributed by atoms with Crippen molar-refractivity contribution >= 4 is 65.5 Å². The van der Waals surface area contributed by atoms with Gasteiger partial charge in [-0.3, -0.25) is 0 Å². The lowest BCUT2D eigenvalue weighted by Gasteiger charge is -2.07. The molecule has 0 bridgehead atoms. The third kappa shape index (κ3) is 2.26. The van der Waals surface area contributed by atoms with Crippen LogP contribution >= 0.6 is 22.5 Å². The molecular formula is C22H14S2. The van der Waals surface area contributed by atoms with E-state index in [0.717, 1.165) is 0 Å². The van der Waals surface area contributed by atoms with E-state index in [9.17, 15) is 0 Å². The molecule has 0 aliphatic carbocycles. The summed E-state index contributed by atoms with van der Waals surface area (Å²) >= 11 is 4.31. The highest BCUT2D eigenvalue weighted by Gasteiger charge is 2.04. The fourth-order valence-electron chi connectivity index (χ4n) is 3.48. The minimum atomic E-state index is 1.18. The van der Waals surface area contributed by atoms with Gasteiger partial charge in [0.2, 0.25) is 0 Å². The Labute approximate surface area is 149 Å². The van der Waals surface area contributed by atoms with E-state index in [4.69, 9.17) is 0 Å². The van der Waals surface area contributed by atoms with Gasteiger partial charge in [-0.05, 0) is 91.6 Å². The van der Waals surface area contributed by atoms with Gasteiger partial charge in [0.1, 0.15) is 0 Å². The normalized spacial score (nSPS) is 11.7.